The molecule has 1 aromatic heterocycles. The third kappa shape index (κ3) is 5.47. The van der Waals surface area contributed by atoms with Crippen molar-refractivity contribution in [3.05, 3.63) is 59.7 Å². The predicted octanol–water partition coefficient (Wildman–Crippen LogP) is 6.06. The highest BCUT2D eigenvalue weighted by molar-refractivity contribution is 5.34. The van der Waals surface area contributed by atoms with Crippen molar-refractivity contribution in [3.8, 4) is 29.5 Å². The third-order valence-electron chi connectivity index (χ3n) is 4.62. The summed E-state index contributed by atoms with van der Waals surface area (Å²) in [4.78, 5) is 12.6. The largest absolute Gasteiger partial charge is 0.467 e. The third-order valence-corrected chi connectivity index (χ3v) is 4.62. The van der Waals surface area contributed by atoms with Crippen LogP contribution in [0.2, 0.25) is 0 Å². The van der Waals surface area contributed by atoms with Crippen LogP contribution in [-0.4, -0.2) is 22.1 Å². The average molecular weight is 408 g/mol. The Morgan fingerprint density at radius 1 is 0.533 bits per heavy atom. The monoisotopic (exact) mass is 407 g/mol. The first kappa shape index (κ1) is 21.6. The lowest BCUT2D eigenvalue weighted by molar-refractivity contribution is 0.336. The van der Waals surface area contributed by atoms with Crippen molar-refractivity contribution in [2.24, 2.45) is 0 Å². The molecule has 0 amide bonds. The Bertz CT molecular complexity index is 908. The van der Waals surface area contributed by atoms with Crippen LogP contribution in [0.5, 0.6) is 29.5 Å². The van der Waals surface area contributed by atoms with Gasteiger partial charge in [0.1, 0.15) is 11.5 Å². The number of rotatable bonds is 5. The fourth-order valence-electron chi connectivity index (χ4n) is 2.76. The lowest BCUT2D eigenvalue weighted by atomic mass is 9.87. The van der Waals surface area contributed by atoms with Crippen LogP contribution in [0, 0.1) is 0 Å². The van der Waals surface area contributed by atoms with Gasteiger partial charge in [-0.1, -0.05) is 65.8 Å². The second-order valence-corrected chi connectivity index (χ2v) is 9.14. The maximum absolute atomic E-state index is 5.81. The standard InChI is InChI=1S/C24H29N3O3/c1-23(2,3)16-8-12-18(13-9-16)29-21-25-20(28-7)26-22(27-21)30-19-14-10-17(11-15-19)24(4,5)6/h8-15H,1-7H3. The Kier molecular flexibility index (Phi) is 5.97. The number of nitrogens with zero attached hydrogens (tertiary/aromatic N) is 3. The van der Waals surface area contributed by atoms with Crippen molar-refractivity contribution in [3.63, 3.8) is 0 Å². The molecule has 0 atom stereocenters. The van der Waals surface area contributed by atoms with Gasteiger partial charge in [-0.15, -0.1) is 15.0 Å². The molecule has 0 aliphatic carbocycles. The number of hydrogen-bond acceptors (Lipinski definition) is 6. The van der Waals surface area contributed by atoms with Gasteiger partial charge in [0.2, 0.25) is 0 Å². The molecule has 3 rings (SSSR count). The van der Waals surface area contributed by atoms with Crippen LogP contribution in [0.3, 0.4) is 0 Å². The molecule has 2 aromatic carbocycles. The van der Waals surface area contributed by atoms with Gasteiger partial charge in [0.05, 0.1) is 7.11 Å². The molecular formula is C24H29N3O3. The van der Waals surface area contributed by atoms with E-state index in [1.807, 2.05) is 48.5 Å². The highest BCUT2D eigenvalue weighted by atomic mass is 16.5. The Balaban J connectivity index is 1.80. The van der Waals surface area contributed by atoms with Gasteiger partial charge >= 0.3 is 18.0 Å². The minimum atomic E-state index is 0.0679. The first-order valence-electron chi connectivity index (χ1n) is 9.91. The Hall–Kier alpha value is -3.15. The summed E-state index contributed by atoms with van der Waals surface area (Å²) < 4.78 is 16.8. The SMILES string of the molecule is COc1nc(Oc2ccc(C(C)(C)C)cc2)nc(Oc2ccc(C(C)(C)C)cc2)n1. The molecule has 6 heteroatoms. The second kappa shape index (κ2) is 8.30. The van der Waals surface area contributed by atoms with E-state index in [-0.39, 0.29) is 28.9 Å². The molecule has 158 valence electrons. The number of hydrogen-bond donors (Lipinski definition) is 0. The smallest absolute Gasteiger partial charge is 0.331 e. The van der Waals surface area contributed by atoms with Crippen LogP contribution in [0.15, 0.2) is 48.5 Å². The lowest BCUT2D eigenvalue weighted by Gasteiger charge is -2.19. The van der Waals surface area contributed by atoms with Crippen LogP contribution in [0.1, 0.15) is 52.7 Å². The first-order chi connectivity index (χ1) is 14.0. The molecule has 6 nitrogen and oxygen atoms in total. The van der Waals surface area contributed by atoms with E-state index in [9.17, 15) is 0 Å². The van der Waals surface area contributed by atoms with Crippen LogP contribution in [0.25, 0.3) is 0 Å². The van der Waals surface area contributed by atoms with Gasteiger partial charge in [0.25, 0.3) is 0 Å². The van der Waals surface area contributed by atoms with Gasteiger partial charge in [-0.25, -0.2) is 0 Å². The van der Waals surface area contributed by atoms with Crippen molar-refractivity contribution >= 4 is 0 Å². The molecular weight excluding hydrogens is 378 g/mol. The van der Waals surface area contributed by atoms with Crippen molar-refractivity contribution in [2.75, 3.05) is 7.11 Å². The van der Waals surface area contributed by atoms with E-state index in [0.29, 0.717) is 11.5 Å². The Morgan fingerprint density at radius 3 is 1.17 bits per heavy atom. The Labute approximate surface area is 178 Å². The molecule has 30 heavy (non-hydrogen) atoms. The van der Waals surface area contributed by atoms with Gasteiger partial charge in [0.15, 0.2) is 0 Å². The molecule has 0 N–H and O–H groups in total. The molecule has 0 fully saturated rings. The summed E-state index contributed by atoms with van der Waals surface area (Å²) >= 11 is 0. The van der Waals surface area contributed by atoms with E-state index >= 15 is 0 Å². The van der Waals surface area contributed by atoms with Crippen LogP contribution >= 0.6 is 0 Å². The molecule has 0 saturated carbocycles. The molecule has 0 aliphatic rings. The van der Waals surface area contributed by atoms with E-state index in [4.69, 9.17) is 14.2 Å². The minimum Gasteiger partial charge on any atom is -0.467 e. The summed E-state index contributed by atoms with van der Waals surface area (Å²) in [5, 5.41) is 0. The number of aromatic nitrogens is 3. The topological polar surface area (TPSA) is 66.4 Å². The maximum Gasteiger partial charge on any atom is 0.331 e. The van der Waals surface area contributed by atoms with Gasteiger partial charge in [-0.05, 0) is 46.2 Å². The van der Waals surface area contributed by atoms with Crippen molar-refractivity contribution in [1.29, 1.82) is 0 Å². The van der Waals surface area contributed by atoms with E-state index in [0.717, 1.165) is 0 Å². The predicted molar refractivity (Wildman–Crippen MR) is 117 cm³/mol. The Morgan fingerprint density at radius 2 is 0.867 bits per heavy atom. The maximum atomic E-state index is 5.81. The van der Waals surface area contributed by atoms with Crippen LogP contribution in [0.4, 0.5) is 0 Å². The number of ether oxygens (including phenoxy) is 3. The fourth-order valence-corrected chi connectivity index (χ4v) is 2.76. The van der Waals surface area contributed by atoms with Gasteiger partial charge in [-0.3, -0.25) is 0 Å². The van der Waals surface area contributed by atoms with Crippen molar-refractivity contribution < 1.29 is 14.2 Å². The highest BCUT2D eigenvalue weighted by Crippen LogP contribution is 2.29. The zero-order valence-corrected chi connectivity index (χ0v) is 18.7. The van der Waals surface area contributed by atoms with E-state index in [1.54, 1.807) is 0 Å². The zero-order chi connectivity index (χ0) is 21.9. The van der Waals surface area contributed by atoms with E-state index in [2.05, 4.69) is 56.5 Å². The van der Waals surface area contributed by atoms with Crippen molar-refractivity contribution in [2.45, 2.75) is 52.4 Å². The highest BCUT2D eigenvalue weighted by Gasteiger charge is 2.16. The molecule has 0 radical (unpaired) electrons. The quantitative estimate of drug-likeness (QED) is 0.512. The van der Waals surface area contributed by atoms with Gasteiger partial charge < -0.3 is 14.2 Å². The zero-order valence-electron chi connectivity index (χ0n) is 18.7. The first-order valence-corrected chi connectivity index (χ1v) is 9.91. The summed E-state index contributed by atoms with van der Waals surface area (Å²) in [6, 6.07) is 16.0. The number of benzene rings is 2. The van der Waals surface area contributed by atoms with Crippen molar-refractivity contribution in [1.82, 2.24) is 15.0 Å². The summed E-state index contributed by atoms with van der Waals surface area (Å²) in [5.41, 5.74) is 2.56. The van der Waals surface area contributed by atoms with Crippen LogP contribution in [-0.2, 0) is 10.8 Å². The summed E-state index contributed by atoms with van der Waals surface area (Å²) in [7, 11) is 1.49. The second-order valence-electron chi connectivity index (χ2n) is 9.14. The molecule has 3 aromatic rings. The molecule has 0 saturated heterocycles. The summed E-state index contributed by atoms with van der Waals surface area (Å²) in [6.45, 7) is 13.0. The van der Waals surface area contributed by atoms with E-state index < -0.39 is 0 Å². The molecule has 0 bridgehead atoms. The molecule has 1 heterocycles. The lowest BCUT2D eigenvalue weighted by Crippen LogP contribution is -2.10. The normalized spacial score (nSPS) is 11.8. The summed E-state index contributed by atoms with van der Waals surface area (Å²) in [6.07, 6.45) is 0. The fraction of sp³-hybridized carbons (Fsp3) is 0.375. The van der Waals surface area contributed by atoms with E-state index in [1.165, 1.54) is 18.2 Å². The average Bonchev–Trinajstić information content (AvgIpc) is 2.67. The molecule has 0 spiro atoms. The van der Waals surface area contributed by atoms with Gasteiger partial charge in [0, 0.05) is 0 Å². The molecule has 0 aliphatic heterocycles. The van der Waals surface area contributed by atoms with Crippen LogP contribution < -0.4 is 14.2 Å². The molecule has 0 unspecified atom stereocenters. The van der Waals surface area contributed by atoms with Gasteiger partial charge in [-0.2, -0.15) is 0 Å². The minimum absolute atomic E-state index is 0.0679. The summed E-state index contributed by atoms with van der Waals surface area (Å²) in [5.74, 6) is 1.24. The number of methoxy groups -OCH3 is 1.